The van der Waals surface area contributed by atoms with Crippen LogP contribution in [-0.4, -0.2) is 40.0 Å². The quantitative estimate of drug-likeness (QED) is 0.870. The van der Waals surface area contributed by atoms with E-state index in [-0.39, 0.29) is 17.6 Å². The van der Waals surface area contributed by atoms with Crippen molar-refractivity contribution in [3.8, 4) is 0 Å². The second-order valence-electron chi connectivity index (χ2n) is 5.11. The molecule has 2 heterocycles. The summed E-state index contributed by atoms with van der Waals surface area (Å²) in [5.74, 6) is -1.09. The van der Waals surface area contributed by atoms with Crippen molar-refractivity contribution < 1.29 is 14.7 Å². The minimum Gasteiger partial charge on any atom is -0.481 e. The number of hydrogen-bond acceptors (Lipinski definition) is 3. The van der Waals surface area contributed by atoms with Gasteiger partial charge in [-0.3, -0.25) is 9.59 Å². The SMILES string of the molecule is CCC1(C(=O)O)CCCN(C(=O)c2cccnc2Cl)C1. The van der Waals surface area contributed by atoms with E-state index in [1.54, 1.807) is 17.0 Å². The van der Waals surface area contributed by atoms with Gasteiger partial charge in [0.2, 0.25) is 0 Å². The molecule has 1 N–H and O–H groups in total. The van der Waals surface area contributed by atoms with Crippen LogP contribution in [0.25, 0.3) is 0 Å². The van der Waals surface area contributed by atoms with Crippen molar-refractivity contribution in [2.75, 3.05) is 13.1 Å². The number of carboxylic acids is 1. The number of carboxylic acid groups (broad SMARTS) is 1. The Balaban J connectivity index is 2.23. The van der Waals surface area contributed by atoms with Crippen LogP contribution >= 0.6 is 11.6 Å². The lowest BCUT2D eigenvalue weighted by Gasteiger charge is -2.39. The number of nitrogens with zero attached hydrogens (tertiary/aromatic N) is 2. The summed E-state index contributed by atoms with van der Waals surface area (Å²) < 4.78 is 0. The third-order valence-electron chi connectivity index (χ3n) is 3.98. The molecule has 1 aliphatic rings. The Morgan fingerprint density at radius 2 is 2.30 bits per heavy atom. The molecule has 5 nitrogen and oxygen atoms in total. The minimum absolute atomic E-state index is 0.153. The Hall–Kier alpha value is -1.62. The summed E-state index contributed by atoms with van der Waals surface area (Å²) in [7, 11) is 0. The second-order valence-corrected chi connectivity index (χ2v) is 5.47. The highest BCUT2D eigenvalue weighted by atomic mass is 35.5. The number of aromatic nitrogens is 1. The Morgan fingerprint density at radius 1 is 1.55 bits per heavy atom. The number of carbonyl (C=O) groups excluding carboxylic acids is 1. The van der Waals surface area contributed by atoms with Crippen LogP contribution in [0.1, 0.15) is 36.5 Å². The fourth-order valence-corrected chi connectivity index (χ4v) is 2.84. The molecule has 2 rings (SSSR count). The van der Waals surface area contributed by atoms with E-state index >= 15 is 0 Å². The largest absolute Gasteiger partial charge is 0.481 e. The van der Waals surface area contributed by atoms with E-state index < -0.39 is 11.4 Å². The lowest BCUT2D eigenvalue weighted by Crippen LogP contribution is -2.49. The first-order valence-corrected chi connectivity index (χ1v) is 7.01. The van der Waals surface area contributed by atoms with Crippen LogP contribution < -0.4 is 0 Å². The number of rotatable bonds is 3. The van der Waals surface area contributed by atoms with Gasteiger partial charge in [0.15, 0.2) is 0 Å². The fraction of sp³-hybridized carbons (Fsp3) is 0.500. The highest BCUT2D eigenvalue weighted by Crippen LogP contribution is 2.34. The molecule has 6 heteroatoms. The lowest BCUT2D eigenvalue weighted by molar-refractivity contribution is -0.152. The molecule has 1 aromatic rings. The summed E-state index contributed by atoms with van der Waals surface area (Å²) in [5.41, 5.74) is -0.519. The van der Waals surface area contributed by atoms with Crippen LogP contribution in [0.2, 0.25) is 5.15 Å². The van der Waals surface area contributed by atoms with Gasteiger partial charge in [-0.15, -0.1) is 0 Å². The monoisotopic (exact) mass is 296 g/mol. The molecular formula is C14H17ClN2O3. The molecule has 1 aliphatic heterocycles. The van der Waals surface area contributed by atoms with Crippen molar-refractivity contribution >= 4 is 23.5 Å². The van der Waals surface area contributed by atoms with E-state index in [1.807, 2.05) is 6.92 Å². The molecule has 1 aromatic heterocycles. The Morgan fingerprint density at radius 3 is 2.90 bits per heavy atom. The second kappa shape index (κ2) is 5.79. The number of hydrogen-bond donors (Lipinski definition) is 1. The van der Waals surface area contributed by atoms with Gasteiger partial charge < -0.3 is 10.0 Å². The van der Waals surface area contributed by atoms with Crippen LogP contribution in [-0.2, 0) is 4.79 Å². The summed E-state index contributed by atoms with van der Waals surface area (Å²) in [6.45, 7) is 2.63. The van der Waals surface area contributed by atoms with Crippen molar-refractivity contribution in [2.45, 2.75) is 26.2 Å². The molecule has 0 saturated carbocycles. The first kappa shape index (κ1) is 14.8. The molecule has 0 radical (unpaired) electrons. The first-order valence-electron chi connectivity index (χ1n) is 6.63. The van der Waals surface area contributed by atoms with Gasteiger partial charge >= 0.3 is 5.97 Å². The maximum atomic E-state index is 12.5. The van der Waals surface area contributed by atoms with Crippen LogP contribution in [0, 0.1) is 5.41 Å². The fourth-order valence-electron chi connectivity index (χ4n) is 2.64. The summed E-state index contributed by atoms with van der Waals surface area (Å²) in [5, 5.41) is 9.59. The van der Waals surface area contributed by atoms with Gasteiger partial charge in [-0.2, -0.15) is 0 Å². The van der Waals surface area contributed by atoms with Gasteiger partial charge in [-0.1, -0.05) is 18.5 Å². The van der Waals surface area contributed by atoms with E-state index in [1.165, 1.54) is 6.20 Å². The van der Waals surface area contributed by atoms with Gasteiger partial charge in [0.25, 0.3) is 5.91 Å². The van der Waals surface area contributed by atoms with Crippen molar-refractivity contribution in [3.05, 3.63) is 29.0 Å². The molecule has 20 heavy (non-hydrogen) atoms. The summed E-state index contributed by atoms with van der Waals surface area (Å²) >= 11 is 5.93. The van der Waals surface area contributed by atoms with Crippen molar-refractivity contribution in [2.24, 2.45) is 5.41 Å². The number of amides is 1. The van der Waals surface area contributed by atoms with Crippen LogP contribution in [0.5, 0.6) is 0 Å². The van der Waals surface area contributed by atoms with Crippen LogP contribution in [0.4, 0.5) is 0 Å². The minimum atomic E-state index is -0.845. The molecule has 0 aromatic carbocycles. The maximum Gasteiger partial charge on any atom is 0.311 e. The molecule has 1 unspecified atom stereocenters. The van der Waals surface area contributed by atoms with Gasteiger partial charge in [0.1, 0.15) is 5.15 Å². The number of aliphatic carboxylic acids is 1. The molecule has 1 atom stereocenters. The molecule has 108 valence electrons. The molecule has 0 spiro atoms. The van der Waals surface area contributed by atoms with E-state index in [0.29, 0.717) is 31.4 Å². The third-order valence-corrected chi connectivity index (χ3v) is 4.29. The predicted molar refractivity (Wildman–Crippen MR) is 74.7 cm³/mol. The number of pyridine rings is 1. The molecule has 1 saturated heterocycles. The Labute approximate surface area is 122 Å². The standard InChI is InChI=1S/C14H17ClN2O3/c1-2-14(13(19)20)6-4-8-17(9-14)12(18)10-5-3-7-16-11(10)15/h3,5,7H,2,4,6,8-9H2,1H3,(H,19,20). The highest BCUT2D eigenvalue weighted by molar-refractivity contribution is 6.32. The Kier molecular flexibility index (Phi) is 4.28. The topological polar surface area (TPSA) is 70.5 Å². The molecule has 0 aliphatic carbocycles. The summed E-state index contributed by atoms with van der Waals surface area (Å²) in [4.78, 5) is 29.4. The summed E-state index contributed by atoms with van der Waals surface area (Å²) in [6.07, 6.45) is 3.31. The predicted octanol–water partition coefficient (Wildman–Crippen LogP) is 2.45. The average molecular weight is 297 g/mol. The zero-order chi connectivity index (χ0) is 14.8. The third kappa shape index (κ3) is 2.63. The maximum absolute atomic E-state index is 12.5. The number of piperidine rings is 1. The highest BCUT2D eigenvalue weighted by Gasteiger charge is 2.42. The van der Waals surface area contributed by atoms with Gasteiger partial charge in [0, 0.05) is 19.3 Å². The zero-order valence-corrected chi connectivity index (χ0v) is 12.1. The molecular weight excluding hydrogens is 280 g/mol. The van der Waals surface area contributed by atoms with E-state index in [9.17, 15) is 14.7 Å². The molecule has 0 bridgehead atoms. The Bertz CT molecular complexity index is 535. The lowest BCUT2D eigenvalue weighted by atomic mass is 9.77. The normalized spacial score (nSPS) is 22.6. The van der Waals surface area contributed by atoms with Gasteiger partial charge in [0.05, 0.1) is 11.0 Å². The van der Waals surface area contributed by atoms with Crippen LogP contribution in [0.3, 0.4) is 0 Å². The summed E-state index contributed by atoms with van der Waals surface area (Å²) in [6, 6.07) is 3.26. The number of likely N-dealkylation sites (tertiary alicyclic amines) is 1. The van der Waals surface area contributed by atoms with E-state index in [4.69, 9.17) is 11.6 Å². The number of halogens is 1. The first-order chi connectivity index (χ1) is 9.50. The van der Waals surface area contributed by atoms with Crippen molar-refractivity contribution in [1.82, 2.24) is 9.88 Å². The average Bonchev–Trinajstić information content (AvgIpc) is 2.47. The van der Waals surface area contributed by atoms with Crippen molar-refractivity contribution in [1.29, 1.82) is 0 Å². The van der Waals surface area contributed by atoms with Gasteiger partial charge in [-0.05, 0) is 31.4 Å². The smallest absolute Gasteiger partial charge is 0.311 e. The van der Waals surface area contributed by atoms with Crippen LogP contribution in [0.15, 0.2) is 18.3 Å². The zero-order valence-electron chi connectivity index (χ0n) is 11.3. The van der Waals surface area contributed by atoms with E-state index in [2.05, 4.69) is 4.98 Å². The molecule has 1 amide bonds. The van der Waals surface area contributed by atoms with Gasteiger partial charge in [-0.25, -0.2) is 4.98 Å². The molecule has 1 fully saturated rings. The van der Waals surface area contributed by atoms with Crippen molar-refractivity contribution in [3.63, 3.8) is 0 Å². The van der Waals surface area contributed by atoms with E-state index in [0.717, 1.165) is 0 Å². The number of carbonyl (C=O) groups is 2.